The molecule has 298 valence electrons. The first-order valence-corrected chi connectivity index (χ1v) is 21.5. The summed E-state index contributed by atoms with van der Waals surface area (Å²) in [5.74, 6) is 0.681. The van der Waals surface area contributed by atoms with E-state index in [1.807, 2.05) is 48.5 Å². The third-order valence-electron chi connectivity index (χ3n) is 12.0. The van der Waals surface area contributed by atoms with Crippen LogP contribution in [-0.2, 0) is 0 Å². The smallest absolute Gasteiger partial charge is 0.160 e. The highest BCUT2D eigenvalue weighted by atomic mass is 14.9. The molecule has 12 rings (SSSR count). The van der Waals surface area contributed by atoms with E-state index < -0.39 is 0 Å². The van der Waals surface area contributed by atoms with Crippen LogP contribution in [0.15, 0.2) is 224 Å². The van der Waals surface area contributed by atoms with Crippen LogP contribution in [0.4, 0.5) is 0 Å². The van der Waals surface area contributed by atoms with Gasteiger partial charge in [0.1, 0.15) is 0 Å². The average Bonchev–Trinajstić information content (AvgIpc) is 3.38. The number of hydrogen-bond acceptors (Lipinski definition) is 5. The number of fused-ring (bicyclic) bond motifs is 6. The van der Waals surface area contributed by atoms with E-state index in [0.717, 1.165) is 111 Å². The Morgan fingerprint density at radius 2 is 0.766 bits per heavy atom. The van der Waals surface area contributed by atoms with Crippen LogP contribution < -0.4 is 0 Å². The van der Waals surface area contributed by atoms with Crippen LogP contribution in [0.3, 0.4) is 0 Å². The first-order valence-electron chi connectivity index (χ1n) is 21.5. The quantitative estimate of drug-likeness (QED) is 0.150. The van der Waals surface area contributed by atoms with Crippen molar-refractivity contribution >= 4 is 43.5 Å². The Morgan fingerprint density at radius 1 is 0.266 bits per heavy atom. The van der Waals surface area contributed by atoms with Crippen molar-refractivity contribution in [2.75, 3.05) is 0 Å². The maximum Gasteiger partial charge on any atom is 0.160 e. The number of pyridine rings is 1. The maximum absolute atomic E-state index is 5.71. The molecule has 64 heavy (non-hydrogen) atoms. The highest BCUT2D eigenvalue weighted by Crippen LogP contribution is 2.43. The highest BCUT2D eigenvalue weighted by molar-refractivity contribution is 6.24. The zero-order valence-electron chi connectivity index (χ0n) is 34.6. The van der Waals surface area contributed by atoms with Crippen molar-refractivity contribution in [2.45, 2.75) is 0 Å². The van der Waals surface area contributed by atoms with Gasteiger partial charge in [-0.1, -0.05) is 200 Å². The van der Waals surface area contributed by atoms with Crippen molar-refractivity contribution in [3.05, 3.63) is 224 Å². The Bertz CT molecular complexity index is 3630. The third-order valence-corrected chi connectivity index (χ3v) is 12.0. The summed E-state index contributed by atoms with van der Waals surface area (Å²) in [5, 5.41) is 5.41. The molecule has 0 fully saturated rings. The van der Waals surface area contributed by atoms with Gasteiger partial charge in [-0.3, -0.25) is 0 Å². The summed E-state index contributed by atoms with van der Waals surface area (Å²) in [5.41, 5.74) is 14.8. The van der Waals surface area contributed by atoms with Gasteiger partial charge in [-0.05, 0) is 40.6 Å². The minimum atomic E-state index is 0.681. The lowest BCUT2D eigenvalue weighted by Crippen LogP contribution is -2.00. The molecule has 0 amide bonds. The molecule has 0 aliphatic rings. The average molecular weight is 816 g/mol. The van der Waals surface area contributed by atoms with Gasteiger partial charge in [0, 0.05) is 55.1 Å². The van der Waals surface area contributed by atoms with Crippen LogP contribution >= 0.6 is 0 Å². The maximum atomic E-state index is 5.71. The molecule has 5 nitrogen and oxygen atoms in total. The third kappa shape index (κ3) is 6.64. The molecule has 3 heterocycles. The summed E-state index contributed by atoms with van der Waals surface area (Å²) in [7, 11) is 0. The van der Waals surface area contributed by atoms with Crippen LogP contribution in [-0.4, -0.2) is 24.9 Å². The predicted molar refractivity (Wildman–Crippen MR) is 263 cm³/mol. The van der Waals surface area contributed by atoms with E-state index in [1.54, 1.807) is 0 Å². The van der Waals surface area contributed by atoms with Gasteiger partial charge in [-0.2, -0.15) is 0 Å². The molecule has 0 aliphatic heterocycles. The molecule has 12 aromatic rings. The molecule has 0 bridgehead atoms. The van der Waals surface area contributed by atoms with Gasteiger partial charge in [0.2, 0.25) is 0 Å². The van der Waals surface area contributed by atoms with E-state index in [2.05, 4.69) is 176 Å². The van der Waals surface area contributed by atoms with E-state index >= 15 is 0 Å². The molecule has 0 saturated carbocycles. The Morgan fingerprint density at radius 3 is 1.42 bits per heavy atom. The summed E-state index contributed by atoms with van der Waals surface area (Å²) in [6, 6.07) is 77.8. The lowest BCUT2D eigenvalue weighted by atomic mass is 9.92. The molecule has 0 radical (unpaired) electrons. The number of aromatic nitrogens is 5. The molecule has 0 saturated heterocycles. The van der Waals surface area contributed by atoms with Crippen LogP contribution in [0.5, 0.6) is 0 Å². The van der Waals surface area contributed by atoms with Crippen molar-refractivity contribution in [3.8, 4) is 78.8 Å². The molecule has 0 unspecified atom stereocenters. The van der Waals surface area contributed by atoms with Gasteiger partial charge < -0.3 is 0 Å². The van der Waals surface area contributed by atoms with Gasteiger partial charge >= 0.3 is 0 Å². The fourth-order valence-corrected chi connectivity index (χ4v) is 8.89. The molecule has 5 heteroatoms. The van der Waals surface area contributed by atoms with Crippen LogP contribution in [0, 0.1) is 0 Å². The fraction of sp³-hybridized carbons (Fsp3) is 0. The highest BCUT2D eigenvalue weighted by Gasteiger charge is 2.22. The summed E-state index contributed by atoms with van der Waals surface area (Å²) >= 11 is 0. The number of hydrogen-bond donors (Lipinski definition) is 0. The molecule has 3 aromatic heterocycles. The fourth-order valence-electron chi connectivity index (χ4n) is 8.89. The van der Waals surface area contributed by atoms with E-state index in [0.29, 0.717) is 5.82 Å². The van der Waals surface area contributed by atoms with E-state index in [4.69, 9.17) is 24.9 Å². The van der Waals surface area contributed by atoms with Crippen LogP contribution in [0.1, 0.15) is 0 Å². The second-order valence-corrected chi connectivity index (χ2v) is 16.0. The van der Waals surface area contributed by atoms with Gasteiger partial charge in [0.05, 0.1) is 45.0 Å². The standard InChI is InChI=1S/C59H37N5/c1-5-18-40(19-6-1)51-37-52(62-59(61-51)44-24-11-4-12-25-44)41-32-30-39(31-33-41)48-36-49-53(47-27-15-16-28-50(47)60-54(49)46-34-29-38-17-13-14-26-45(38)35-46)58-57(48)63-55(42-20-7-2-8-21-42)56(64-58)43-22-9-3-10-23-43/h1-37H. The number of benzene rings is 9. The molecule has 0 N–H and O–H groups in total. The topological polar surface area (TPSA) is 64.5 Å². The Kier molecular flexibility index (Phi) is 9.08. The van der Waals surface area contributed by atoms with Gasteiger partial charge in [0.15, 0.2) is 5.82 Å². The van der Waals surface area contributed by atoms with E-state index in [9.17, 15) is 0 Å². The normalized spacial score (nSPS) is 11.4. The molecule has 0 aliphatic carbocycles. The van der Waals surface area contributed by atoms with E-state index in [1.165, 1.54) is 5.39 Å². The monoisotopic (exact) mass is 815 g/mol. The number of nitrogens with zero attached hydrogens (tertiary/aromatic N) is 5. The van der Waals surface area contributed by atoms with Crippen molar-refractivity contribution in [1.29, 1.82) is 0 Å². The molecule has 0 spiro atoms. The van der Waals surface area contributed by atoms with Crippen molar-refractivity contribution in [1.82, 2.24) is 24.9 Å². The summed E-state index contributed by atoms with van der Waals surface area (Å²) in [4.78, 5) is 27.0. The molecular formula is C59H37N5. The van der Waals surface area contributed by atoms with Crippen molar-refractivity contribution in [2.24, 2.45) is 0 Å². The molecule has 0 atom stereocenters. The van der Waals surface area contributed by atoms with E-state index in [-0.39, 0.29) is 0 Å². The molecular weight excluding hydrogens is 779 g/mol. The second kappa shape index (κ2) is 15.7. The SMILES string of the molecule is c1ccc(-c2cc(-c3ccc(-c4cc5c(-c6ccc7ccccc7c6)nc6ccccc6c5c5nc(-c6ccccc6)c(-c6ccccc6)nc45)cc3)nc(-c3ccccc3)n2)cc1. The van der Waals surface area contributed by atoms with Crippen LogP contribution in [0.2, 0.25) is 0 Å². The Labute approximate surface area is 370 Å². The summed E-state index contributed by atoms with van der Waals surface area (Å²) < 4.78 is 0. The largest absolute Gasteiger partial charge is 0.247 e. The number of rotatable bonds is 7. The summed E-state index contributed by atoms with van der Waals surface area (Å²) in [6.45, 7) is 0. The minimum Gasteiger partial charge on any atom is -0.247 e. The number of para-hydroxylation sites is 1. The van der Waals surface area contributed by atoms with Crippen molar-refractivity contribution in [3.63, 3.8) is 0 Å². The van der Waals surface area contributed by atoms with Crippen molar-refractivity contribution < 1.29 is 0 Å². The Hall–Kier alpha value is -8.67. The lowest BCUT2D eigenvalue weighted by molar-refractivity contribution is 1.18. The summed E-state index contributed by atoms with van der Waals surface area (Å²) in [6.07, 6.45) is 0. The Balaban J connectivity index is 1.13. The zero-order chi connectivity index (χ0) is 42.4. The first kappa shape index (κ1) is 37.1. The second-order valence-electron chi connectivity index (χ2n) is 16.0. The van der Waals surface area contributed by atoms with Crippen LogP contribution in [0.25, 0.3) is 122 Å². The zero-order valence-corrected chi connectivity index (χ0v) is 34.6. The van der Waals surface area contributed by atoms with Gasteiger partial charge in [-0.25, -0.2) is 24.9 Å². The minimum absolute atomic E-state index is 0.681. The predicted octanol–water partition coefficient (Wildman–Crippen LogP) is 14.9. The molecule has 9 aromatic carbocycles. The van der Waals surface area contributed by atoms with Gasteiger partial charge in [0.25, 0.3) is 0 Å². The lowest BCUT2D eigenvalue weighted by Gasteiger charge is -2.18. The van der Waals surface area contributed by atoms with Gasteiger partial charge in [-0.15, -0.1) is 0 Å². The first-order chi connectivity index (χ1) is 31.7.